The highest BCUT2D eigenvalue weighted by Gasteiger charge is 2.35. The molecule has 3 N–H and O–H groups in total. The average Bonchev–Trinajstić information content (AvgIpc) is 2.95. The Kier molecular flexibility index (Phi) is 4.45. The molecule has 1 aromatic rings. The fourth-order valence-corrected chi connectivity index (χ4v) is 6.63. The number of nitrogens with one attached hydrogen (secondary N) is 1. The first-order chi connectivity index (χ1) is 11.1. The molecule has 1 aromatic heterocycles. The van der Waals surface area contributed by atoms with E-state index in [0.29, 0.717) is 22.9 Å². The molecule has 0 bridgehead atoms. The Bertz CT molecular complexity index is 760. The van der Waals surface area contributed by atoms with Crippen molar-refractivity contribution < 1.29 is 13.2 Å². The molecule has 1 aliphatic heterocycles. The number of nitrogen functional groups attached to an aromatic ring is 1. The van der Waals surface area contributed by atoms with Gasteiger partial charge in [0, 0.05) is 10.9 Å². The van der Waals surface area contributed by atoms with Crippen molar-refractivity contribution in [3.63, 3.8) is 0 Å². The summed E-state index contributed by atoms with van der Waals surface area (Å²) in [7, 11) is -3.00. The second-order valence-electron chi connectivity index (χ2n) is 8.12. The number of hydrogen-bond acceptors (Lipinski definition) is 5. The van der Waals surface area contributed by atoms with Crippen LogP contribution in [0.3, 0.4) is 0 Å². The first-order valence-electron chi connectivity index (χ1n) is 8.48. The van der Waals surface area contributed by atoms with E-state index in [1.165, 1.54) is 16.2 Å². The quantitative estimate of drug-likeness (QED) is 0.836. The van der Waals surface area contributed by atoms with E-state index in [9.17, 15) is 13.2 Å². The summed E-state index contributed by atoms with van der Waals surface area (Å²) in [5.74, 6) is 0.583. The lowest BCUT2D eigenvalue weighted by Gasteiger charge is -2.33. The molecule has 3 rings (SSSR count). The topological polar surface area (TPSA) is 89.3 Å². The van der Waals surface area contributed by atoms with E-state index in [-0.39, 0.29) is 28.9 Å². The molecule has 5 nitrogen and oxygen atoms in total. The molecule has 24 heavy (non-hydrogen) atoms. The summed E-state index contributed by atoms with van der Waals surface area (Å²) in [6, 6.07) is -0.289. The number of sulfone groups is 1. The third-order valence-corrected chi connectivity index (χ3v) is 8.16. The lowest BCUT2D eigenvalue weighted by atomic mass is 9.72. The summed E-state index contributed by atoms with van der Waals surface area (Å²) < 4.78 is 23.1. The molecular weight excluding hydrogens is 344 g/mol. The van der Waals surface area contributed by atoms with Crippen molar-refractivity contribution in [2.24, 2.45) is 11.3 Å². The Morgan fingerprint density at radius 3 is 2.58 bits per heavy atom. The number of carbonyl (C=O) groups is 1. The summed E-state index contributed by atoms with van der Waals surface area (Å²) in [5.41, 5.74) is 8.06. The minimum atomic E-state index is -3.00. The number of hydrogen-bond donors (Lipinski definition) is 2. The summed E-state index contributed by atoms with van der Waals surface area (Å²) in [4.78, 5) is 13.9. The van der Waals surface area contributed by atoms with Crippen molar-refractivity contribution in [3.8, 4) is 0 Å². The molecule has 1 amide bonds. The van der Waals surface area contributed by atoms with Crippen LogP contribution >= 0.6 is 11.3 Å². The van der Waals surface area contributed by atoms with Crippen molar-refractivity contribution >= 4 is 32.1 Å². The summed E-state index contributed by atoms with van der Waals surface area (Å²) in [6.07, 6.45) is 3.40. The smallest absolute Gasteiger partial charge is 0.254 e. The Balaban J connectivity index is 1.78. The van der Waals surface area contributed by atoms with E-state index in [1.807, 2.05) is 0 Å². The normalized spacial score (nSPS) is 26.1. The number of fused-ring (bicyclic) bond motifs is 1. The van der Waals surface area contributed by atoms with Gasteiger partial charge in [-0.15, -0.1) is 11.3 Å². The molecular formula is C17H26N2O3S2. The fourth-order valence-electron chi connectivity index (χ4n) is 3.76. The van der Waals surface area contributed by atoms with Crippen LogP contribution in [-0.2, 0) is 22.7 Å². The summed E-state index contributed by atoms with van der Waals surface area (Å²) in [6.45, 7) is 6.77. The van der Waals surface area contributed by atoms with Crippen molar-refractivity contribution in [2.75, 3.05) is 17.2 Å². The second-order valence-corrected chi connectivity index (χ2v) is 11.5. The molecule has 2 heterocycles. The van der Waals surface area contributed by atoms with Crippen LogP contribution < -0.4 is 11.1 Å². The maximum absolute atomic E-state index is 12.7. The second kappa shape index (κ2) is 6.02. The monoisotopic (exact) mass is 370 g/mol. The molecule has 134 valence electrons. The minimum Gasteiger partial charge on any atom is -0.390 e. The Morgan fingerprint density at radius 2 is 2.00 bits per heavy atom. The van der Waals surface area contributed by atoms with Crippen LogP contribution in [0, 0.1) is 11.3 Å². The molecule has 2 aliphatic rings. The van der Waals surface area contributed by atoms with Crippen LogP contribution in [0.4, 0.5) is 5.00 Å². The van der Waals surface area contributed by atoms with Crippen LogP contribution in [0.1, 0.15) is 54.4 Å². The van der Waals surface area contributed by atoms with Crippen LogP contribution in [0.25, 0.3) is 0 Å². The summed E-state index contributed by atoms with van der Waals surface area (Å²) >= 11 is 1.52. The number of anilines is 1. The van der Waals surface area contributed by atoms with Gasteiger partial charge in [0.25, 0.3) is 5.91 Å². The van der Waals surface area contributed by atoms with Gasteiger partial charge in [-0.1, -0.05) is 20.8 Å². The van der Waals surface area contributed by atoms with Gasteiger partial charge in [-0.2, -0.15) is 0 Å². The zero-order valence-corrected chi connectivity index (χ0v) is 16.1. The molecule has 0 saturated carbocycles. The van der Waals surface area contributed by atoms with E-state index in [1.54, 1.807) is 0 Å². The van der Waals surface area contributed by atoms with E-state index in [0.717, 1.165) is 24.8 Å². The van der Waals surface area contributed by atoms with Crippen LogP contribution in [0.2, 0.25) is 0 Å². The number of thiophene rings is 1. The highest BCUT2D eigenvalue weighted by molar-refractivity contribution is 7.91. The van der Waals surface area contributed by atoms with Gasteiger partial charge < -0.3 is 11.1 Å². The highest BCUT2D eigenvalue weighted by Crippen LogP contribution is 2.43. The van der Waals surface area contributed by atoms with Crippen molar-refractivity contribution in [3.05, 3.63) is 16.0 Å². The number of rotatable bonds is 2. The molecule has 7 heteroatoms. The number of amides is 1. The van der Waals surface area contributed by atoms with Gasteiger partial charge in [0.15, 0.2) is 9.84 Å². The SMILES string of the molecule is CC(C)(C)C1CCc2c(sc(N)c2C(=O)NC2CCS(=O)(=O)C2)C1. The standard InChI is InChI=1S/C17H26N2O3S2/c1-17(2,3)10-4-5-12-13(8-10)23-15(18)14(12)16(20)19-11-6-7-24(21,22)9-11/h10-11H,4-9,18H2,1-3H3,(H,19,20). The van der Waals surface area contributed by atoms with Gasteiger partial charge in [-0.05, 0) is 42.6 Å². The van der Waals surface area contributed by atoms with Gasteiger partial charge in [-0.25, -0.2) is 8.42 Å². The number of nitrogens with two attached hydrogens (primary N) is 1. The molecule has 0 radical (unpaired) electrons. The minimum absolute atomic E-state index is 0.0388. The predicted octanol–water partition coefficient (Wildman–Crippen LogP) is 2.40. The Hall–Kier alpha value is -1.08. The molecule has 0 spiro atoms. The maximum Gasteiger partial charge on any atom is 0.254 e. The van der Waals surface area contributed by atoms with E-state index in [2.05, 4.69) is 26.1 Å². The number of carbonyl (C=O) groups excluding carboxylic acids is 1. The van der Waals surface area contributed by atoms with Crippen molar-refractivity contribution in [1.82, 2.24) is 5.32 Å². The predicted molar refractivity (Wildman–Crippen MR) is 98.2 cm³/mol. The van der Waals surface area contributed by atoms with E-state index < -0.39 is 9.84 Å². The van der Waals surface area contributed by atoms with E-state index in [4.69, 9.17) is 5.73 Å². The molecule has 2 unspecified atom stereocenters. The maximum atomic E-state index is 12.7. The average molecular weight is 371 g/mol. The van der Waals surface area contributed by atoms with Gasteiger partial charge in [0.1, 0.15) is 0 Å². The zero-order chi connectivity index (χ0) is 17.7. The molecule has 1 aliphatic carbocycles. The van der Waals surface area contributed by atoms with Crippen LogP contribution in [-0.4, -0.2) is 31.9 Å². The van der Waals surface area contributed by atoms with Crippen molar-refractivity contribution in [1.29, 1.82) is 0 Å². The Morgan fingerprint density at radius 1 is 1.29 bits per heavy atom. The molecule has 0 aromatic carbocycles. The van der Waals surface area contributed by atoms with Gasteiger partial charge in [0.2, 0.25) is 0 Å². The van der Waals surface area contributed by atoms with Gasteiger partial charge >= 0.3 is 0 Å². The van der Waals surface area contributed by atoms with Gasteiger partial charge in [-0.3, -0.25) is 4.79 Å². The fraction of sp³-hybridized carbons (Fsp3) is 0.706. The lowest BCUT2D eigenvalue weighted by Crippen LogP contribution is -2.36. The van der Waals surface area contributed by atoms with E-state index >= 15 is 0 Å². The lowest BCUT2D eigenvalue weighted by molar-refractivity contribution is 0.0941. The first kappa shape index (κ1) is 17.7. The van der Waals surface area contributed by atoms with Crippen molar-refractivity contribution in [2.45, 2.75) is 52.5 Å². The first-order valence-corrected chi connectivity index (χ1v) is 11.1. The third kappa shape index (κ3) is 3.47. The molecule has 1 fully saturated rings. The van der Waals surface area contributed by atoms with Crippen LogP contribution in [0.5, 0.6) is 0 Å². The highest BCUT2D eigenvalue weighted by atomic mass is 32.2. The third-order valence-electron chi connectivity index (χ3n) is 5.31. The molecule has 2 atom stereocenters. The van der Waals surface area contributed by atoms with Gasteiger partial charge in [0.05, 0.1) is 22.1 Å². The molecule has 1 saturated heterocycles. The van der Waals surface area contributed by atoms with Crippen LogP contribution in [0.15, 0.2) is 0 Å². The Labute approximate surface area is 147 Å². The zero-order valence-electron chi connectivity index (χ0n) is 14.5. The largest absolute Gasteiger partial charge is 0.390 e. The summed E-state index contributed by atoms with van der Waals surface area (Å²) in [5, 5.41) is 3.44.